The molecule has 1 aliphatic heterocycles. The average Bonchev–Trinajstić information content (AvgIpc) is 3.06. The molecule has 3 aromatic rings. The number of halogens is 1. The highest BCUT2D eigenvalue weighted by Crippen LogP contribution is 2.41. The summed E-state index contributed by atoms with van der Waals surface area (Å²) in [6.07, 6.45) is 2.35. The van der Waals surface area contributed by atoms with Crippen molar-refractivity contribution in [1.82, 2.24) is 19.4 Å². The fourth-order valence-corrected chi connectivity index (χ4v) is 4.55. The highest BCUT2D eigenvalue weighted by Gasteiger charge is 2.34. The molecule has 10 heteroatoms. The van der Waals surface area contributed by atoms with Crippen molar-refractivity contribution in [3.63, 3.8) is 0 Å². The van der Waals surface area contributed by atoms with E-state index in [1.165, 1.54) is 6.07 Å². The molecule has 1 unspecified atom stereocenters. The van der Waals surface area contributed by atoms with Gasteiger partial charge in [-0.25, -0.2) is 4.98 Å². The maximum atomic E-state index is 11.8. The van der Waals surface area contributed by atoms with Gasteiger partial charge in [-0.3, -0.25) is 24.8 Å². The molecule has 1 aromatic carbocycles. The fourth-order valence-electron chi connectivity index (χ4n) is 4.23. The summed E-state index contributed by atoms with van der Waals surface area (Å²) in [5, 5.41) is 11.8. The summed E-state index contributed by atoms with van der Waals surface area (Å²) in [5.41, 5.74) is 9.47. The minimum absolute atomic E-state index is 0.00802. The normalized spacial score (nSPS) is 16.2. The number of primary amides is 1. The molecule has 4 rings (SSSR count). The summed E-state index contributed by atoms with van der Waals surface area (Å²) in [6.45, 7) is 2.42. The lowest BCUT2D eigenvalue weighted by molar-refractivity contribution is -0.385. The third-order valence-electron chi connectivity index (χ3n) is 5.84. The van der Waals surface area contributed by atoms with Crippen LogP contribution in [-0.2, 0) is 13.5 Å². The molecule has 1 amide bonds. The number of nitro benzene ring substituents is 1. The van der Waals surface area contributed by atoms with Gasteiger partial charge in [-0.1, -0.05) is 23.7 Å². The molecule has 160 valence electrons. The van der Waals surface area contributed by atoms with E-state index >= 15 is 0 Å². The average molecular weight is 441 g/mol. The van der Waals surface area contributed by atoms with Gasteiger partial charge in [-0.15, -0.1) is 0 Å². The van der Waals surface area contributed by atoms with Gasteiger partial charge in [0.2, 0.25) is 0 Å². The van der Waals surface area contributed by atoms with E-state index in [2.05, 4.69) is 14.9 Å². The number of pyridine rings is 1. The van der Waals surface area contributed by atoms with E-state index in [9.17, 15) is 14.9 Å². The van der Waals surface area contributed by atoms with Gasteiger partial charge in [-0.2, -0.15) is 0 Å². The van der Waals surface area contributed by atoms with Gasteiger partial charge in [0, 0.05) is 49.1 Å². The number of aromatic nitrogens is 3. The van der Waals surface area contributed by atoms with Crippen LogP contribution in [0, 0.1) is 17.0 Å². The van der Waals surface area contributed by atoms with Crippen LogP contribution >= 0.6 is 11.6 Å². The first-order valence-corrected chi connectivity index (χ1v) is 10.0. The largest absolute Gasteiger partial charge is 0.363 e. The smallest absolute Gasteiger partial charge is 0.284 e. The molecular formula is C21H21ClN6O3. The SMILES string of the molecule is Cc1c(-c2nccc(C3c4nc(C(N)=O)n(C)c4CCN3C)c2Cl)cccc1[N+](=O)[O-]. The van der Waals surface area contributed by atoms with Crippen LogP contribution < -0.4 is 5.73 Å². The molecule has 9 nitrogen and oxygen atoms in total. The van der Waals surface area contributed by atoms with E-state index in [1.54, 1.807) is 36.9 Å². The van der Waals surface area contributed by atoms with E-state index in [0.717, 1.165) is 29.9 Å². The van der Waals surface area contributed by atoms with Crippen LogP contribution in [0.15, 0.2) is 30.5 Å². The number of imidazole rings is 1. The van der Waals surface area contributed by atoms with Crippen LogP contribution in [0.2, 0.25) is 5.02 Å². The first-order valence-electron chi connectivity index (χ1n) is 9.66. The standard InChI is InChI=1S/C21H21ClN6O3/c1-11-12(5-4-6-14(11)28(30)31)17-16(22)13(7-9-24-17)19-18-15(8-10-26(19)2)27(3)21(25-18)20(23)29/h4-7,9,19H,8,10H2,1-3H3,(H2,23,29). The number of carbonyl (C=O) groups excluding carboxylic acids is 1. The lowest BCUT2D eigenvalue weighted by Crippen LogP contribution is -2.33. The fraction of sp³-hybridized carbons (Fsp3) is 0.286. The number of amides is 1. The molecule has 0 fully saturated rings. The minimum atomic E-state index is -0.591. The molecule has 0 saturated heterocycles. The number of nitro groups is 1. The molecule has 2 aromatic heterocycles. The van der Waals surface area contributed by atoms with Crippen LogP contribution in [0.4, 0.5) is 5.69 Å². The van der Waals surface area contributed by atoms with Gasteiger partial charge >= 0.3 is 0 Å². The number of hydrogen-bond donors (Lipinski definition) is 1. The van der Waals surface area contributed by atoms with Crippen molar-refractivity contribution in [3.8, 4) is 11.3 Å². The van der Waals surface area contributed by atoms with Gasteiger partial charge in [-0.05, 0) is 25.6 Å². The second kappa shape index (κ2) is 7.75. The van der Waals surface area contributed by atoms with Crippen LogP contribution in [0.1, 0.15) is 39.2 Å². The van der Waals surface area contributed by atoms with Crippen molar-refractivity contribution >= 4 is 23.2 Å². The zero-order valence-electron chi connectivity index (χ0n) is 17.3. The number of nitrogens with zero attached hydrogens (tertiary/aromatic N) is 5. The Balaban J connectivity index is 1.89. The van der Waals surface area contributed by atoms with E-state index in [0.29, 0.717) is 21.8 Å². The summed E-state index contributed by atoms with van der Waals surface area (Å²) in [5.74, 6) is -0.391. The van der Waals surface area contributed by atoms with Gasteiger partial charge in [0.25, 0.3) is 11.6 Å². The summed E-state index contributed by atoms with van der Waals surface area (Å²) >= 11 is 6.84. The predicted octanol–water partition coefficient (Wildman–Crippen LogP) is 3.03. The van der Waals surface area contributed by atoms with Crippen molar-refractivity contribution in [3.05, 3.63) is 73.9 Å². The second-order valence-corrected chi connectivity index (χ2v) is 7.97. The van der Waals surface area contributed by atoms with Gasteiger partial charge in [0.1, 0.15) is 0 Å². The highest BCUT2D eigenvalue weighted by atomic mass is 35.5. The van der Waals surface area contributed by atoms with E-state index < -0.39 is 10.8 Å². The summed E-state index contributed by atoms with van der Waals surface area (Å²) < 4.78 is 1.73. The minimum Gasteiger partial charge on any atom is -0.363 e. The van der Waals surface area contributed by atoms with E-state index in [1.807, 2.05) is 13.1 Å². The van der Waals surface area contributed by atoms with Crippen molar-refractivity contribution < 1.29 is 9.72 Å². The lowest BCUT2D eigenvalue weighted by Gasteiger charge is -2.33. The number of rotatable bonds is 4. The second-order valence-electron chi connectivity index (χ2n) is 7.59. The zero-order valence-corrected chi connectivity index (χ0v) is 18.1. The highest BCUT2D eigenvalue weighted by molar-refractivity contribution is 6.34. The van der Waals surface area contributed by atoms with Crippen LogP contribution in [-0.4, -0.2) is 43.9 Å². The van der Waals surface area contributed by atoms with Crippen LogP contribution in [0.25, 0.3) is 11.3 Å². The third kappa shape index (κ3) is 3.35. The Bertz CT molecular complexity index is 1220. The quantitative estimate of drug-likeness (QED) is 0.491. The maximum absolute atomic E-state index is 11.8. The molecule has 0 bridgehead atoms. The maximum Gasteiger partial charge on any atom is 0.284 e. The first-order chi connectivity index (χ1) is 14.7. The molecule has 31 heavy (non-hydrogen) atoms. The molecular weight excluding hydrogens is 420 g/mol. The number of fused-ring (bicyclic) bond motifs is 1. The number of benzene rings is 1. The molecule has 1 atom stereocenters. The molecule has 1 aliphatic rings. The molecule has 0 saturated carbocycles. The Hall–Kier alpha value is -3.30. The van der Waals surface area contributed by atoms with Gasteiger partial charge in [0.15, 0.2) is 5.82 Å². The molecule has 0 radical (unpaired) electrons. The zero-order chi connectivity index (χ0) is 22.4. The Kier molecular flexibility index (Phi) is 5.24. The number of carbonyl (C=O) groups is 1. The topological polar surface area (TPSA) is 120 Å². The molecule has 2 N–H and O–H groups in total. The Morgan fingerprint density at radius 3 is 2.74 bits per heavy atom. The predicted molar refractivity (Wildman–Crippen MR) is 116 cm³/mol. The number of nitrogens with two attached hydrogens (primary N) is 1. The van der Waals surface area contributed by atoms with E-state index in [4.69, 9.17) is 17.3 Å². The Labute approximate surface area is 183 Å². The summed E-state index contributed by atoms with van der Waals surface area (Å²) in [6, 6.07) is 6.34. The molecule has 0 spiro atoms. The monoisotopic (exact) mass is 440 g/mol. The lowest BCUT2D eigenvalue weighted by atomic mass is 9.94. The molecule has 0 aliphatic carbocycles. The van der Waals surface area contributed by atoms with Crippen LogP contribution in [0.3, 0.4) is 0 Å². The van der Waals surface area contributed by atoms with Gasteiger partial charge < -0.3 is 10.3 Å². The Morgan fingerprint density at radius 2 is 2.06 bits per heavy atom. The van der Waals surface area contributed by atoms with Gasteiger partial charge in [0.05, 0.1) is 27.4 Å². The van der Waals surface area contributed by atoms with Crippen molar-refractivity contribution in [2.45, 2.75) is 19.4 Å². The van der Waals surface area contributed by atoms with Crippen molar-refractivity contribution in [2.75, 3.05) is 13.6 Å². The number of hydrogen-bond acceptors (Lipinski definition) is 6. The van der Waals surface area contributed by atoms with Crippen molar-refractivity contribution in [2.24, 2.45) is 12.8 Å². The van der Waals surface area contributed by atoms with Crippen LogP contribution in [0.5, 0.6) is 0 Å². The molecule has 3 heterocycles. The third-order valence-corrected chi connectivity index (χ3v) is 6.23. The van der Waals surface area contributed by atoms with E-state index in [-0.39, 0.29) is 17.6 Å². The van der Waals surface area contributed by atoms with Crippen molar-refractivity contribution in [1.29, 1.82) is 0 Å². The number of likely N-dealkylation sites (N-methyl/N-ethyl adjacent to an activating group) is 1. The Morgan fingerprint density at radius 1 is 1.32 bits per heavy atom. The first kappa shape index (κ1) is 21.0. The summed E-state index contributed by atoms with van der Waals surface area (Å²) in [7, 11) is 3.74. The summed E-state index contributed by atoms with van der Waals surface area (Å²) in [4.78, 5) is 33.8.